The van der Waals surface area contributed by atoms with E-state index < -0.39 is 11.7 Å². The Morgan fingerprint density at radius 2 is 1.90 bits per heavy atom. The highest BCUT2D eigenvalue weighted by Crippen LogP contribution is 2.36. The van der Waals surface area contributed by atoms with Gasteiger partial charge in [0.15, 0.2) is 0 Å². The molecule has 1 aromatic carbocycles. The van der Waals surface area contributed by atoms with Gasteiger partial charge in [0.25, 0.3) is 0 Å². The highest BCUT2D eigenvalue weighted by atomic mass is 35.5. The molecule has 0 spiro atoms. The molecule has 3 nitrogen and oxygen atoms in total. The molecule has 0 bridgehead atoms. The zero-order valence-electron chi connectivity index (χ0n) is 9.99. The van der Waals surface area contributed by atoms with E-state index in [2.05, 4.69) is 4.72 Å². The summed E-state index contributed by atoms with van der Waals surface area (Å²) in [4.78, 5) is 0. The lowest BCUT2D eigenvalue weighted by Crippen LogP contribution is -2.10. The van der Waals surface area contributed by atoms with Gasteiger partial charge in [0.1, 0.15) is 5.00 Å². The van der Waals surface area contributed by atoms with Crippen LogP contribution in [0.2, 0.25) is 9.36 Å². The van der Waals surface area contributed by atoms with Crippen molar-refractivity contribution in [2.75, 3.05) is 9.19 Å². The minimum Gasteiger partial charge on any atom is -0.309 e. The Bertz CT molecular complexity index is 636. The van der Waals surface area contributed by atoms with Crippen LogP contribution < -0.4 is 9.19 Å². The van der Waals surface area contributed by atoms with Crippen LogP contribution in [0.4, 0.5) is 23.9 Å². The standard InChI is InChI=1S/C11H7Cl2F3N2OS2/c12-7-2-1-6(11(14,15)16)5-8(7)17-21-18(19)10-4-3-9(13)20-10/h1-5,17,19H. The SMILES string of the molecule is ON(SNc1cc(C(F)(F)F)ccc1Cl)c1ccc(Cl)s1. The Balaban J connectivity index is 2.09. The number of halogens is 5. The molecule has 0 saturated carbocycles. The number of benzene rings is 1. The molecule has 21 heavy (non-hydrogen) atoms. The summed E-state index contributed by atoms with van der Waals surface area (Å²) in [6.07, 6.45) is -4.47. The predicted octanol–water partition coefficient (Wildman–Crippen LogP) is 5.94. The largest absolute Gasteiger partial charge is 0.416 e. The monoisotopic (exact) mass is 374 g/mol. The van der Waals surface area contributed by atoms with Gasteiger partial charge in [-0.1, -0.05) is 23.2 Å². The van der Waals surface area contributed by atoms with Gasteiger partial charge < -0.3 is 4.72 Å². The van der Waals surface area contributed by atoms with Crippen molar-refractivity contribution in [1.29, 1.82) is 0 Å². The zero-order valence-corrected chi connectivity index (χ0v) is 13.1. The summed E-state index contributed by atoms with van der Waals surface area (Å²) in [7, 11) is 0. The first-order valence-electron chi connectivity index (χ1n) is 5.31. The van der Waals surface area contributed by atoms with Crippen LogP contribution in [0.3, 0.4) is 0 Å². The van der Waals surface area contributed by atoms with Crippen LogP contribution in [0.25, 0.3) is 0 Å². The molecular weight excluding hydrogens is 368 g/mol. The van der Waals surface area contributed by atoms with Gasteiger partial charge in [-0.3, -0.25) is 5.21 Å². The van der Waals surface area contributed by atoms with Crippen molar-refractivity contribution in [3.8, 4) is 0 Å². The van der Waals surface area contributed by atoms with E-state index >= 15 is 0 Å². The fraction of sp³-hybridized carbons (Fsp3) is 0.0909. The molecule has 2 N–H and O–H groups in total. The van der Waals surface area contributed by atoms with Crippen molar-refractivity contribution in [1.82, 2.24) is 0 Å². The number of thiophene rings is 1. The molecule has 0 unspecified atom stereocenters. The average Bonchev–Trinajstić information content (AvgIpc) is 2.83. The fourth-order valence-electron chi connectivity index (χ4n) is 1.32. The van der Waals surface area contributed by atoms with E-state index in [0.717, 1.165) is 34.0 Å². The Hall–Kier alpha value is -0.800. The second kappa shape index (κ2) is 6.53. The van der Waals surface area contributed by atoms with E-state index in [1.807, 2.05) is 0 Å². The normalized spacial score (nSPS) is 11.5. The minimum absolute atomic E-state index is 0.0400. The third-order valence-electron chi connectivity index (χ3n) is 2.28. The van der Waals surface area contributed by atoms with E-state index in [1.54, 1.807) is 12.1 Å². The van der Waals surface area contributed by atoms with Crippen molar-refractivity contribution in [3.63, 3.8) is 0 Å². The first kappa shape index (κ1) is 16.6. The molecule has 114 valence electrons. The summed E-state index contributed by atoms with van der Waals surface area (Å²) < 4.78 is 41.6. The topological polar surface area (TPSA) is 35.5 Å². The van der Waals surface area contributed by atoms with E-state index in [4.69, 9.17) is 23.2 Å². The molecule has 0 amide bonds. The van der Waals surface area contributed by atoms with Crippen LogP contribution in [-0.4, -0.2) is 5.21 Å². The van der Waals surface area contributed by atoms with E-state index in [0.29, 0.717) is 21.5 Å². The Kier molecular flexibility index (Phi) is 5.15. The van der Waals surface area contributed by atoms with Gasteiger partial charge in [0, 0.05) is 0 Å². The Morgan fingerprint density at radius 1 is 1.19 bits per heavy atom. The van der Waals surface area contributed by atoms with E-state index in [-0.39, 0.29) is 10.7 Å². The molecule has 10 heteroatoms. The predicted molar refractivity (Wildman–Crippen MR) is 81.3 cm³/mol. The van der Waals surface area contributed by atoms with Gasteiger partial charge in [-0.2, -0.15) is 17.6 Å². The molecule has 1 heterocycles. The lowest BCUT2D eigenvalue weighted by atomic mass is 10.2. The van der Waals surface area contributed by atoms with Crippen molar-refractivity contribution < 1.29 is 18.4 Å². The Labute approximate surface area is 136 Å². The van der Waals surface area contributed by atoms with Gasteiger partial charge in [-0.15, -0.1) is 11.3 Å². The second-order valence-corrected chi connectivity index (χ2v) is 6.57. The smallest absolute Gasteiger partial charge is 0.309 e. The molecule has 0 saturated heterocycles. The van der Waals surface area contributed by atoms with Crippen LogP contribution in [0.1, 0.15) is 5.56 Å². The van der Waals surface area contributed by atoms with Crippen molar-refractivity contribution in [2.45, 2.75) is 6.18 Å². The van der Waals surface area contributed by atoms with Gasteiger partial charge in [-0.05, 0) is 30.3 Å². The molecule has 0 aliphatic heterocycles. The summed E-state index contributed by atoms with van der Waals surface area (Å²) in [5.41, 5.74) is -0.795. The number of hydrogen-bond donors (Lipinski definition) is 2. The van der Waals surface area contributed by atoms with Crippen LogP contribution in [0.15, 0.2) is 30.3 Å². The minimum atomic E-state index is -4.47. The molecule has 0 atom stereocenters. The maximum Gasteiger partial charge on any atom is 0.416 e. The lowest BCUT2D eigenvalue weighted by molar-refractivity contribution is -0.137. The maximum atomic E-state index is 12.6. The average molecular weight is 375 g/mol. The van der Waals surface area contributed by atoms with Gasteiger partial charge in [0.2, 0.25) is 0 Å². The summed E-state index contributed by atoms with van der Waals surface area (Å²) >= 11 is 13.3. The van der Waals surface area contributed by atoms with Gasteiger partial charge >= 0.3 is 6.18 Å². The van der Waals surface area contributed by atoms with Gasteiger partial charge in [-0.25, -0.2) is 0 Å². The first-order valence-corrected chi connectivity index (χ1v) is 7.66. The molecule has 2 rings (SSSR count). The molecule has 2 aromatic rings. The molecule has 0 aliphatic rings. The summed E-state index contributed by atoms with van der Waals surface area (Å²) in [5.74, 6) is 0. The quantitative estimate of drug-likeness (QED) is 0.512. The van der Waals surface area contributed by atoms with Gasteiger partial charge in [0.05, 0.1) is 32.7 Å². The number of anilines is 2. The van der Waals surface area contributed by atoms with Crippen LogP contribution in [-0.2, 0) is 6.18 Å². The number of nitrogens with one attached hydrogen (secondary N) is 1. The molecule has 0 radical (unpaired) electrons. The summed E-state index contributed by atoms with van der Waals surface area (Å²) in [5, 5.41) is 10.3. The maximum absolute atomic E-state index is 12.6. The summed E-state index contributed by atoms with van der Waals surface area (Å²) in [6.45, 7) is 0. The van der Waals surface area contributed by atoms with Crippen LogP contribution >= 0.6 is 46.7 Å². The second-order valence-electron chi connectivity index (χ2n) is 3.74. The third kappa shape index (κ3) is 4.33. The molecule has 1 aromatic heterocycles. The number of rotatable bonds is 4. The summed E-state index contributed by atoms with van der Waals surface area (Å²) in [6, 6.07) is 6.04. The lowest BCUT2D eigenvalue weighted by Gasteiger charge is -2.15. The first-order chi connectivity index (χ1) is 9.77. The van der Waals surface area contributed by atoms with Crippen molar-refractivity contribution in [3.05, 3.63) is 45.3 Å². The number of nitrogens with zero attached hydrogens (tertiary/aromatic N) is 1. The fourth-order valence-corrected chi connectivity index (χ4v) is 3.12. The van der Waals surface area contributed by atoms with Crippen molar-refractivity contribution >= 4 is 57.4 Å². The van der Waals surface area contributed by atoms with E-state index in [9.17, 15) is 18.4 Å². The highest BCUT2D eigenvalue weighted by Gasteiger charge is 2.31. The third-order valence-corrected chi connectivity index (χ3v) is 4.62. The molecular formula is C11H7Cl2F3N2OS2. The number of alkyl halides is 3. The van der Waals surface area contributed by atoms with Crippen LogP contribution in [0.5, 0.6) is 0 Å². The molecule has 0 aliphatic carbocycles. The Morgan fingerprint density at radius 3 is 2.48 bits per heavy atom. The number of hydrogen-bond acceptors (Lipinski definition) is 5. The van der Waals surface area contributed by atoms with Crippen LogP contribution in [0, 0.1) is 0 Å². The van der Waals surface area contributed by atoms with E-state index in [1.165, 1.54) is 0 Å². The highest BCUT2D eigenvalue weighted by molar-refractivity contribution is 8.01. The van der Waals surface area contributed by atoms with Crippen molar-refractivity contribution in [2.24, 2.45) is 0 Å². The zero-order chi connectivity index (χ0) is 15.6. The molecule has 0 fully saturated rings.